The fourth-order valence-corrected chi connectivity index (χ4v) is 1.68. The summed E-state index contributed by atoms with van der Waals surface area (Å²) in [6, 6.07) is 8.62. The Labute approximate surface area is 97.0 Å². The highest BCUT2D eigenvalue weighted by Crippen LogP contribution is 2.15. The first kappa shape index (κ1) is 12.3. The van der Waals surface area contributed by atoms with Gasteiger partial charge in [0.25, 0.3) is 0 Å². The molecule has 0 bridgehead atoms. The van der Waals surface area contributed by atoms with Crippen molar-refractivity contribution in [2.45, 2.75) is 18.2 Å². The summed E-state index contributed by atoms with van der Waals surface area (Å²) in [7, 11) is 0. The van der Waals surface area contributed by atoms with Gasteiger partial charge in [0.1, 0.15) is 0 Å². The Morgan fingerprint density at radius 3 is 2.60 bits per heavy atom. The van der Waals surface area contributed by atoms with Crippen LogP contribution < -0.4 is 5.32 Å². The maximum absolute atomic E-state index is 3.34. The molecule has 0 unspecified atom stereocenters. The van der Waals surface area contributed by atoms with E-state index in [-0.39, 0.29) is 0 Å². The van der Waals surface area contributed by atoms with E-state index in [1.54, 1.807) is 11.8 Å². The molecule has 0 aliphatic carbocycles. The molecule has 0 heterocycles. The van der Waals surface area contributed by atoms with Crippen molar-refractivity contribution in [3.63, 3.8) is 0 Å². The molecule has 15 heavy (non-hydrogen) atoms. The molecule has 0 atom stereocenters. The molecule has 0 radical (unpaired) electrons. The molecule has 82 valence electrons. The van der Waals surface area contributed by atoms with Gasteiger partial charge in [-0.3, -0.25) is 0 Å². The highest BCUT2D eigenvalue weighted by atomic mass is 32.2. The summed E-state index contributed by atoms with van der Waals surface area (Å²) in [5, 5.41) is 3.34. The predicted octanol–water partition coefficient (Wildman–Crippen LogP) is 3.42. The summed E-state index contributed by atoms with van der Waals surface area (Å²) in [6.45, 7) is 4.23. The number of thioether (sulfide) groups is 1. The Bertz CT molecular complexity index is 290. The van der Waals surface area contributed by atoms with Crippen LogP contribution in [0.2, 0.25) is 0 Å². The van der Waals surface area contributed by atoms with E-state index in [2.05, 4.69) is 54.9 Å². The van der Waals surface area contributed by atoms with Gasteiger partial charge in [0.15, 0.2) is 0 Å². The van der Waals surface area contributed by atoms with Crippen molar-refractivity contribution in [1.82, 2.24) is 5.32 Å². The lowest BCUT2D eigenvalue weighted by atomic mass is 10.2. The minimum absolute atomic E-state index is 0.956. The second-order valence-electron chi connectivity index (χ2n) is 3.38. The highest BCUT2D eigenvalue weighted by Gasteiger charge is 1.88. The Hall–Kier alpha value is -0.730. The molecule has 1 N–H and O–H groups in total. The van der Waals surface area contributed by atoms with Gasteiger partial charge in [0, 0.05) is 11.4 Å². The van der Waals surface area contributed by atoms with Gasteiger partial charge in [-0.1, -0.05) is 31.2 Å². The molecule has 0 aliphatic heterocycles. The van der Waals surface area contributed by atoms with Gasteiger partial charge < -0.3 is 5.32 Å². The van der Waals surface area contributed by atoms with Gasteiger partial charge in [-0.15, -0.1) is 11.8 Å². The second-order valence-corrected chi connectivity index (χ2v) is 4.26. The zero-order valence-electron chi connectivity index (χ0n) is 9.49. The largest absolute Gasteiger partial charge is 0.313 e. The molecule has 1 aromatic rings. The second kappa shape index (κ2) is 7.55. The summed E-state index contributed by atoms with van der Waals surface area (Å²) in [5.41, 5.74) is 1.27. The number of rotatable bonds is 6. The van der Waals surface area contributed by atoms with E-state index in [1.807, 2.05) is 0 Å². The molecule has 0 aromatic heterocycles. The van der Waals surface area contributed by atoms with E-state index in [9.17, 15) is 0 Å². The van der Waals surface area contributed by atoms with Crippen molar-refractivity contribution in [2.24, 2.45) is 0 Å². The van der Waals surface area contributed by atoms with Crippen molar-refractivity contribution < 1.29 is 0 Å². The molecule has 0 spiro atoms. The Balaban J connectivity index is 2.36. The quantitative estimate of drug-likeness (QED) is 0.583. The third-order valence-electron chi connectivity index (χ3n) is 2.12. The molecular weight excluding hydrogens is 202 g/mol. The first-order valence-corrected chi connectivity index (χ1v) is 6.60. The van der Waals surface area contributed by atoms with Crippen molar-refractivity contribution in [3.8, 4) is 0 Å². The lowest BCUT2D eigenvalue weighted by Crippen LogP contribution is -2.13. The molecule has 0 saturated heterocycles. The summed E-state index contributed by atoms with van der Waals surface area (Å²) < 4.78 is 0. The molecule has 0 saturated carbocycles. The van der Waals surface area contributed by atoms with Crippen LogP contribution >= 0.6 is 11.8 Å². The monoisotopic (exact) mass is 221 g/mol. The van der Waals surface area contributed by atoms with Gasteiger partial charge in [0.2, 0.25) is 0 Å². The molecule has 0 fully saturated rings. The maximum atomic E-state index is 3.34. The molecular formula is C13H19NS. The molecule has 0 aliphatic rings. The van der Waals surface area contributed by atoms with Crippen molar-refractivity contribution in [1.29, 1.82) is 0 Å². The van der Waals surface area contributed by atoms with Gasteiger partial charge in [0.05, 0.1) is 0 Å². The molecule has 0 amide bonds. The van der Waals surface area contributed by atoms with Crippen molar-refractivity contribution in [3.05, 3.63) is 35.9 Å². The standard InChI is InChI=1S/C13H19NS/c1-3-10-14-11-4-5-12-6-8-13(15-2)9-7-12/h4-9,14H,3,10-11H2,1-2H3. The lowest BCUT2D eigenvalue weighted by Gasteiger charge is -1.98. The SMILES string of the molecule is CCCNCC=Cc1ccc(SC)cc1. The summed E-state index contributed by atoms with van der Waals surface area (Å²) >= 11 is 1.78. The first-order chi connectivity index (χ1) is 7.36. The molecule has 1 aromatic carbocycles. The van der Waals surface area contributed by atoms with E-state index >= 15 is 0 Å². The first-order valence-electron chi connectivity index (χ1n) is 5.38. The Kier molecular flexibility index (Phi) is 6.21. The topological polar surface area (TPSA) is 12.0 Å². The van der Waals surface area contributed by atoms with E-state index in [0.29, 0.717) is 0 Å². The smallest absolute Gasteiger partial charge is 0.0138 e. The van der Waals surface area contributed by atoms with Crippen molar-refractivity contribution in [2.75, 3.05) is 19.3 Å². The average molecular weight is 221 g/mol. The third kappa shape index (κ3) is 5.05. The van der Waals surface area contributed by atoms with Crippen LogP contribution in [0.3, 0.4) is 0 Å². The van der Waals surface area contributed by atoms with E-state index < -0.39 is 0 Å². The zero-order chi connectivity index (χ0) is 10.9. The molecule has 1 rings (SSSR count). The Morgan fingerprint density at radius 2 is 2.00 bits per heavy atom. The minimum Gasteiger partial charge on any atom is -0.313 e. The predicted molar refractivity (Wildman–Crippen MR) is 70.4 cm³/mol. The number of hydrogen-bond acceptors (Lipinski definition) is 2. The Morgan fingerprint density at radius 1 is 1.27 bits per heavy atom. The summed E-state index contributed by atoms with van der Waals surface area (Å²) in [6.07, 6.45) is 7.62. The van der Waals surface area contributed by atoms with Crippen LogP contribution in [0.5, 0.6) is 0 Å². The normalized spacial score (nSPS) is 11.1. The number of benzene rings is 1. The fourth-order valence-electron chi connectivity index (χ4n) is 1.27. The fraction of sp³-hybridized carbons (Fsp3) is 0.385. The van der Waals surface area contributed by atoms with E-state index in [0.717, 1.165) is 13.1 Å². The third-order valence-corrected chi connectivity index (χ3v) is 2.86. The number of nitrogens with one attached hydrogen (secondary N) is 1. The van der Waals surface area contributed by atoms with E-state index in [4.69, 9.17) is 0 Å². The van der Waals surface area contributed by atoms with Gasteiger partial charge in [-0.25, -0.2) is 0 Å². The highest BCUT2D eigenvalue weighted by molar-refractivity contribution is 7.98. The van der Waals surface area contributed by atoms with Crippen LogP contribution in [0.1, 0.15) is 18.9 Å². The summed E-state index contributed by atoms with van der Waals surface area (Å²) in [4.78, 5) is 1.32. The number of hydrogen-bond donors (Lipinski definition) is 1. The van der Waals surface area contributed by atoms with Crippen LogP contribution in [-0.4, -0.2) is 19.3 Å². The van der Waals surface area contributed by atoms with Crippen molar-refractivity contribution >= 4 is 17.8 Å². The van der Waals surface area contributed by atoms with E-state index in [1.165, 1.54) is 16.9 Å². The molecule has 2 heteroatoms. The van der Waals surface area contributed by atoms with Crippen LogP contribution in [0.4, 0.5) is 0 Å². The maximum Gasteiger partial charge on any atom is 0.0138 e. The van der Waals surface area contributed by atoms with Crippen LogP contribution in [0.25, 0.3) is 6.08 Å². The van der Waals surface area contributed by atoms with Crippen LogP contribution in [0.15, 0.2) is 35.2 Å². The van der Waals surface area contributed by atoms with Gasteiger partial charge >= 0.3 is 0 Å². The van der Waals surface area contributed by atoms with Gasteiger partial charge in [-0.2, -0.15) is 0 Å². The van der Waals surface area contributed by atoms with Crippen LogP contribution in [-0.2, 0) is 0 Å². The summed E-state index contributed by atoms with van der Waals surface area (Å²) in [5.74, 6) is 0. The van der Waals surface area contributed by atoms with Gasteiger partial charge in [-0.05, 0) is 36.9 Å². The lowest BCUT2D eigenvalue weighted by molar-refractivity contribution is 0.730. The minimum atomic E-state index is 0.956. The molecule has 1 nitrogen and oxygen atoms in total. The zero-order valence-corrected chi connectivity index (χ0v) is 10.3. The average Bonchev–Trinajstić information content (AvgIpc) is 2.30. The van der Waals surface area contributed by atoms with Crippen LogP contribution in [0, 0.1) is 0 Å².